The van der Waals surface area contributed by atoms with Crippen LogP contribution in [-0.2, 0) is 0 Å². The van der Waals surface area contributed by atoms with Crippen molar-refractivity contribution >= 4 is 0 Å². The van der Waals surface area contributed by atoms with E-state index in [1.165, 1.54) is 44.1 Å². The van der Waals surface area contributed by atoms with Crippen molar-refractivity contribution in [2.75, 3.05) is 0 Å². The molecule has 126 valence electrons. The monoisotopic (exact) mass is 313 g/mol. The van der Waals surface area contributed by atoms with Gasteiger partial charge < -0.3 is 4.74 Å². The summed E-state index contributed by atoms with van der Waals surface area (Å²) in [4.78, 5) is 2.69. The van der Waals surface area contributed by atoms with Crippen molar-refractivity contribution in [2.24, 2.45) is 0 Å². The predicted molar refractivity (Wildman–Crippen MR) is 96.7 cm³/mol. The fraction of sp³-hybridized carbons (Fsp3) is 0.619. The van der Waals surface area contributed by atoms with Crippen LogP contribution in [0, 0.1) is 0 Å². The number of para-hydroxylation sites is 1. The van der Waals surface area contributed by atoms with E-state index in [9.17, 15) is 0 Å². The molecule has 23 heavy (non-hydrogen) atoms. The van der Waals surface area contributed by atoms with Crippen molar-refractivity contribution < 1.29 is 4.74 Å². The first-order chi connectivity index (χ1) is 11.2. The van der Waals surface area contributed by atoms with Crippen molar-refractivity contribution in [3.63, 3.8) is 0 Å². The molecule has 1 aromatic rings. The lowest BCUT2D eigenvalue weighted by Crippen LogP contribution is -2.60. The number of nitrogens with zero attached hydrogens (tertiary/aromatic N) is 1. The summed E-state index contributed by atoms with van der Waals surface area (Å²) in [5.74, 6) is 1.09. The Morgan fingerprint density at radius 1 is 1.35 bits per heavy atom. The van der Waals surface area contributed by atoms with E-state index in [0.29, 0.717) is 6.04 Å². The molecule has 0 saturated carbocycles. The highest BCUT2D eigenvalue weighted by atomic mass is 16.5. The molecule has 2 aliphatic heterocycles. The van der Waals surface area contributed by atoms with E-state index in [1.807, 2.05) is 0 Å². The van der Waals surface area contributed by atoms with E-state index >= 15 is 0 Å². The van der Waals surface area contributed by atoms with E-state index in [1.54, 1.807) is 0 Å². The van der Waals surface area contributed by atoms with Gasteiger partial charge in [-0.2, -0.15) is 0 Å². The Balaban J connectivity index is 1.93. The van der Waals surface area contributed by atoms with Gasteiger partial charge in [0, 0.05) is 17.1 Å². The fourth-order valence-corrected chi connectivity index (χ4v) is 4.72. The second-order valence-electron chi connectivity index (χ2n) is 7.26. The molecular formula is C21H31NO. The van der Waals surface area contributed by atoms with Crippen LogP contribution < -0.4 is 4.74 Å². The van der Waals surface area contributed by atoms with Gasteiger partial charge in [-0.05, 0) is 45.1 Å². The second-order valence-corrected chi connectivity index (χ2v) is 7.26. The van der Waals surface area contributed by atoms with Crippen LogP contribution in [0.3, 0.4) is 0 Å². The Morgan fingerprint density at radius 3 is 2.96 bits per heavy atom. The minimum absolute atomic E-state index is 0.229. The molecule has 2 heteroatoms. The number of rotatable bonds is 6. The molecule has 0 amide bonds. The van der Waals surface area contributed by atoms with Gasteiger partial charge in [-0.1, -0.05) is 50.5 Å². The summed E-state index contributed by atoms with van der Waals surface area (Å²) >= 11 is 0. The summed E-state index contributed by atoms with van der Waals surface area (Å²) in [6.45, 7) is 8.71. The van der Waals surface area contributed by atoms with E-state index in [-0.39, 0.29) is 11.8 Å². The summed E-state index contributed by atoms with van der Waals surface area (Å²) < 4.78 is 6.41. The Morgan fingerprint density at radius 2 is 2.17 bits per heavy atom. The largest absolute Gasteiger partial charge is 0.475 e. The molecule has 1 saturated heterocycles. The van der Waals surface area contributed by atoms with Crippen molar-refractivity contribution in [3.05, 3.63) is 42.5 Å². The number of ether oxygens (including phenoxy) is 1. The lowest BCUT2D eigenvalue weighted by Gasteiger charge is -2.56. The Kier molecular flexibility index (Phi) is 5.11. The van der Waals surface area contributed by atoms with Crippen molar-refractivity contribution in [3.8, 4) is 5.75 Å². The number of benzene rings is 1. The van der Waals surface area contributed by atoms with E-state index in [4.69, 9.17) is 4.74 Å². The lowest BCUT2D eigenvalue weighted by molar-refractivity contribution is -0.130. The molecule has 2 heterocycles. The zero-order valence-corrected chi connectivity index (χ0v) is 14.8. The molecular weight excluding hydrogens is 282 g/mol. The molecule has 0 aliphatic carbocycles. The molecule has 2 nitrogen and oxygen atoms in total. The minimum Gasteiger partial charge on any atom is -0.475 e. The van der Waals surface area contributed by atoms with Crippen molar-refractivity contribution in [1.29, 1.82) is 0 Å². The maximum atomic E-state index is 6.41. The molecule has 0 bridgehead atoms. The van der Waals surface area contributed by atoms with Crippen LogP contribution in [0.5, 0.6) is 5.75 Å². The maximum Gasteiger partial charge on any atom is 0.153 e. The molecule has 1 fully saturated rings. The molecule has 0 aromatic heterocycles. The minimum atomic E-state index is 0.229. The number of hydrogen-bond donors (Lipinski definition) is 0. The SMILES string of the molecule is C=CC[C@@]1(CCCCC)CCC[C@@H]2Oc3ccccc3[C@@H](C)N21. The molecule has 0 unspecified atom stereocenters. The highest BCUT2D eigenvalue weighted by molar-refractivity contribution is 5.38. The quantitative estimate of drug-likeness (QED) is 0.482. The first-order valence-corrected chi connectivity index (χ1v) is 9.37. The van der Waals surface area contributed by atoms with E-state index in [2.05, 4.69) is 55.7 Å². The summed E-state index contributed by atoms with van der Waals surface area (Å²) in [5, 5.41) is 0. The Labute approximate surface area is 141 Å². The van der Waals surface area contributed by atoms with Gasteiger partial charge in [0.25, 0.3) is 0 Å². The molecule has 2 aliphatic rings. The third kappa shape index (κ3) is 3.06. The molecule has 3 rings (SSSR count). The molecule has 0 N–H and O–H groups in total. The molecule has 0 radical (unpaired) electrons. The Hall–Kier alpha value is -1.28. The molecule has 1 aromatic carbocycles. The second kappa shape index (κ2) is 7.09. The first kappa shape index (κ1) is 16.6. The number of unbranched alkanes of at least 4 members (excludes halogenated alkanes) is 2. The zero-order valence-electron chi connectivity index (χ0n) is 14.8. The number of piperidine rings is 1. The van der Waals surface area contributed by atoms with Crippen LogP contribution in [0.25, 0.3) is 0 Å². The highest BCUT2D eigenvalue weighted by Crippen LogP contribution is 2.48. The van der Waals surface area contributed by atoms with Crippen LogP contribution in [0.1, 0.15) is 76.8 Å². The van der Waals surface area contributed by atoms with Crippen LogP contribution in [0.4, 0.5) is 0 Å². The zero-order chi connectivity index (χ0) is 16.3. The van der Waals surface area contributed by atoms with Gasteiger partial charge >= 0.3 is 0 Å². The lowest BCUT2D eigenvalue weighted by atomic mass is 9.76. The maximum absolute atomic E-state index is 6.41. The van der Waals surface area contributed by atoms with Crippen molar-refractivity contribution in [2.45, 2.75) is 83.0 Å². The Bertz CT molecular complexity index is 540. The molecule has 0 spiro atoms. The van der Waals surface area contributed by atoms with E-state index < -0.39 is 0 Å². The summed E-state index contributed by atoms with van der Waals surface area (Å²) in [5.41, 5.74) is 1.57. The van der Waals surface area contributed by atoms with Gasteiger partial charge in [0.2, 0.25) is 0 Å². The smallest absolute Gasteiger partial charge is 0.153 e. The normalized spacial score (nSPS) is 30.2. The van der Waals surface area contributed by atoms with Crippen molar-refractivity contribution in [1.82, 2.24) is 4.90 Å². The third-order valence-electron chi connectivity index (χ3n) is 5.77. The van der Waals surface area contributed by atoms with Crippen LogP contribution in [0.15, 0.2) is 36.9 Å². The average molecular weight is 313 g/mol. The van der Waals surface area contributed by atoms with Gasteiger partial charge in [-0.3, -0.25) is 4.90 Å². The topological polar surface area (TPSA) is 12.5 Å². The predicted octanol–water partition coefficient (Wildman–Crippen LogP) is 5.85. The highest BCUT2D eigenvalue weighted by Gasteiger charge is 2.48. The average Bonchev–Trinajstić information content (AvgIpc) is 2.55. The van der Waals surface area contributed by atoms with Gasteiger partial charge in [0.15, 0.2) is 6.23 Å². The van der Waals surface area contributed by atoms with Crippen LogP contribution >= 0.6 is 0 Å². The van der Waals surface area contributed by atoms with Gasteiger partial charge in [0.05, 0.1) is 0 Å². The summed E-state index contributed by atoms with van der Waals surface area (Å²) in [6, 6.07) is 9.00. The first-order valence-electron chi connectivity index (χ1n) is 9.37. The van der Waals surface area contributed by atoms with Gasteiger partial charge in [0.1, 0.15) is 5.75 Å². The van der Waals surface area contributed by atoms with Crippen LogP contribution in [-0.4, -0.2) is 16.7 Å². The number of fused-ring (bicyclic) bond motifs is 2. The third-order valence-corrected chi connectivity index (χ3v) is 5.77. The standard InChI is InChI=1S/C21H31NO/c1-4-6-9-15-21(14-5-2)16-10-13-20-22(21)17(3)18-11-7-8-12-19(18)23-20/h5,7-8,11-12,17,20H,2,4,6,9-10,13-16H2,1,3H3/t17-,20+,21-/m1/s1. The van der Waals surface area contributed by atoms with Crippen LogP contribution in [0.2, 0.25) is 0 Å². The molecule has 3 atom stereocenters. The fourth-order valence-electron chi connectivity index (χ4n) is 4.72. The van der Waals surface area contributed by atoms with E-state index in [0.717, 1.165) is 18.6 Å². The summed E-state index contributed by atoms with van der Waals surface area (Å²) in [6.07, 6.45) is 12.3. The number of hydrogen-bond acceptors (Lipinski definition) is 2. The van der Waals surface area contributed by atoms with Gasteiger partial charge in [-0.25, -0.2) is 0 Å². The summed E-state index contributed by atoms with van der Waals surface area (Å²) in [7, 11) is 0. The van der Waals surface area contributed by atoms with Gasteiger partial charge in [-0.15, -0.1) is 6.58 Å².